The average molecular weight is 247 g/mol. The Labute approximate surface area is 108 Å². The number of carbonyl (C=O) groups is 1. The van der Waals surface area contributed by atoms with E-state index in [0.29, 0.717) is 11.5 Å². The van der Waals surface area contributed by atoms with Crippen LogP contribution in [0.4, 0.5) is 5.69 Å². The van der Waals surface area contributed by atoms with Gasteiger partial charge >= 0.3 is 0 Å². The number of nitrogens with one attached hydrogen (secondary N) is 2. The van der Waals surface area contributed by atoms with Crippen molar-refractivity contribution in [1.29, 1.82) is 0 Å². The molecule has 0 saturated heterocycles. The molecule has 1 heterocycles. The molecule has 1 fully saturated rings. The number of nitrogens with zero attached hydrogens (tertiary/aromatic N) is 1. The van der Waals surface area contributed by atoms with Gasteiger partial charge in [0.15, 0.2) is 0 Å². The van der Waals surface area contributed by atoms with E-state index in [2.05, 4.69) is 15.6 Å². The van der Waals surface area contributed by atoms with E-state index in [4.69, 9.17) is 0 Å². The standard InChI is InChI=1S/C14H21N3O/c1-15-13-10-16-8-7-12(13)14(18)17-9-11-5-3-2-4-6-11/h7-8,10-11,15H,2-6,9H2,1H3,(H,17,18). The molecule has 1 amide bonds. The number of pyridine rings is 1. The third-order valence-electron chi connectivity index (χ3n) is 3.61. The first kappa shape index (κ1) is 12.9. The molecule has 0 spiro atoms. The van der Waals surface area contributed by atoms with Gasteiger partial charge in [0, 0.05) is 19.8 Å². The largest absolute Gasteiger partial charge is 0.386 e. The summed E-state index contributed by atoms with van der Waals surface area (Å²) in [4.78, 5) is 16.1. The summed E-state index contributed by atoms with van der Waals surface area (Å²) in [6.07, 6.45) is 9.77. The van der Waals surface area contributed by atoms with Crippen LogP contribution in [-0.4, -0.2) is 24.5 Å². The lowest BCUT2D eigenvalue weighted by atomic mass is 9.89. The highest BCUT2D eigenvalue weighted by Gasteiger charge is 2.16. The topological polar surface area (TPSA) is 54.0 Å². The zero-order chi connectivity index (χ0) is 12.8. The van der Waals surface area contributed by atoms with E-state index < -0.39 is 0 Å². The van der Waals surface area contributed by atoms with Crippen LogP contribution in [0.15, 0.2) is 18.5 Å². The molecule has 0 radical (unpaired) electrons. The first-order chi connectivity index (χ1) is 8.81. The van der Waals surface area contributed by atoms with Crippen LogP contribution >= 0.6 is 0 Å². The highest BCUT2D eigenvalue weighted by molar-refractivity contribution is 5.99. The molecule has 1 aliphatic rings. The maximum atomic E-state index is 12.1. The van der Waals surface area contributed by atoms with Crippen molar-refractivity contribution in [3.63, 3.8) is 0 Å². The Bertz CT molecular complexity index is 400. The molecular weight excluding hydrogens is 226 g/mol. The fourth-order valence-electron chi connectivity index (χ4n) is 2.52. The average Bonchev–Trinajstić information content (AvgIpc) is 2.45. The Hall–Kier alpha value is -1.58. The molecular formula is C14H21N3O. The van der Waals surface area contributed by atoms with Gasteiger partial charge in [-0.1, -0.05) is 19.3 Å². The smallest absolute Gasteiger partial charge is 0.253 e. The lowest BCUT2D eigenvalue weighted by Gasteiger charge is -2.21. The second kappa shape index (κ2) is 6.38. The van der Waals surface area contributed by atoms with Gasteiger partial charge in [-0.05, 0) is 24.8 Å². The Kier molecular flexibility index (Phi) is 4.56. The molecule has 1 aliphatic carbocycles. The number of amides is 1. The molecule has 2 N–H and O–H groups in total. The summed E-state index contributed by atoms with van der Waals surface area (Å²) in [5, 5.41) is 6.03. The summed E-state index contributed by atoms with van der Waals surface area (Å²) in [6.45, 7) is 0.796. The lowest BCUT2D eigenvalue weighted by molar-refractivity contribution is 0.0944. The van der Waals surface area contributed by atoms with Crippen molar-refractivity contribution in [3.05, 3.63) is 24.0 Å². The summed E-state index contributed by atoms with van der Waals surface area (Å²) >= 11 is 0. The summed E-state index contributed by atoms with van der Waals surface area (Å²) in [5.74, 6) is 0.648. The second-order valence-electron chi connectivity index (χ2n) is 4.89. The highest BCUT2D eigenvalue weighted by atomic mass is 16.1. The van der Waals surface area contributed by atoms with Crippen LogP contribution < -0.4 is 10.6 Å². The van der Waals surface area contributed by atoms with E-state index >= 15 is 0 Å². The monoisotopic (exact) mass is 247 g/mol. The van der Waals surface area contributed by atoms with Gasteiger partial charge in [-0.15, -0.1) is 0 Å². The zero-order valence-corrected chi connectivity index (χ0v) is 10.9. The van der Waals surface area contributed by atoms with E-state index in [1.54, 1.807) is 25.5 Å². The van der Waals surface area contributed by atoms with Crippen LogP contribution in [0.3, 0.4) is 0 Å². The van der Waals surface area contributed by atoms with Gasteiger partial charge in [0.2, 0.25) is 0 Å². The normalized spacial score (nSPS) is 16.3. The fraction of sp³-hybridized carbons (Fsp3) is 0.571. The predicted octanol–water partition coefficient (Wildman–Crippen LogP) is 2.43. The molecule has 1 saturated carbocycles. The van der Waals surface area contributed by atoms with Gasteiger partial charge in [-0.25, -0.2) is 0 Å². The summed E-state index contributed by atoms with van der Waals surface area (Å²) in [5.41, 5.74) is 1.45. The minimum atomic E-state index is -0.00711. The van der Waals surface area contributed by atoms with Crippen LogP contribution in [0.2, 0.25) is 0 Å². The number of hydrogen-bond donors (Lipinski definition) is 2. The van der Waals surface area contributed by atoms with Gasteiger partial charge in [-0.3, -0.25) is 9.78 Å². The van der Waals surface area contributed by atoms with Crippen molar-refractivity contribution >= 4 is 11.6 Å². The van der Waals surface area contributed by atoms with Crippen LogP contribution in [0.5, 0.6) is 0 Å². The zero-order valence-electron chi connectivity index (χ0n) is 10.9. The van der Waals surface area contributed by atoms with Gasteiger partial charge < -0.3 is 10.6 Å². The molecule has 98 valence electrons. The summed E-state index contributed by atoms with van der Waals surface area (Å²) in [7, 11) is 1.80. The molecule has 0 aromatic carbocycles. The van der Waals surface area contributed by atoms with Crippen molar-refractivity contribution < 1.29 is 4.79 Å². The molecule has 0 atom stereocenters. The van der Waals surface area contributed by atoms with Crippen LogP contribution in [0.1, 0.15) is 42.5 Å². The lowest BCUT2D eigenvalue weighted by Crippen LogP contribution is -2.30. The summed E-state index contributed by atoms with van der Waals surface area (Å²) in [6, 6.07) is 1.75. The summed E-state index contributed by atoms with van der Waals surface area (Å²) < 4.78 is 0. The third kappa shape index (κ3) is 3.22. The van der Waals surface area contributed by atoms with Gasteiger partial charge in [0.05, 0.1) is 17.4 Å². The molecule has 1 aromatic heterocycles. The van der Waals surface area contributed by atoms with Crippen LogP contribution in [0.25, 0.3) is 0 Å². The van der Waals surface area contributed by atoms with E-state index in [1.165, 1.54) is 32.1 Å². The van der Waals surface area contributed by atoms with Gasteiger partial charge in [0.1, 0.15) is 0 Å². The molecule has 18 heavy (non-hydrogen) atoms. The number of aromatic nitrogens is 1. The highest BCUT2D eigenvalue weighted by Crippen LogP contribution is 2.23. The predicted molar refractivity (Wildman–Crippen MR) is 72.7 cm³/mol. The quantitative estimate of drug-likeness (QED) is 0.859. The van der Waals surface area contributed by atoms with Crippen molar-refractivity contribution in [2.24, 2.45) is 5.92 Å². The Balaban J connectivity index is 1.90. The van der Waals surface area contributed by atoms with Gasteiger partial charge in [0.25, 0.3) is 5.91 Å². The molecule has 0 unspecified atom stereocenters. The number of carbonyl (C=O) groups excluding carboxylic acids is 1. The van der Waals surface area contributed by atoms with E-state index in [0.717, 1.165) is 12.2 Å². The first-order valence-electron chi connectivity index (χ1n) is 6.71. The Morgan fingerprint density at radius 3 is 2.89 bits per heavy atom. The fourth-order valence-corrected chi connectivity index (χ4v) is 2.52. The molecule has 2 rings (SSSR count). The molecule has 4 nitrogen and oxygen atoms in total. The molecule has 4 heteroatoms. The van der Waals surface area contributed by atoms with Crippen molar-refractivity contribution in [2.75, 3.05) is 18.9 Å². The maximum Gasteiger partial charge on any atom is 0.253 e. The number of hydrogen-bond acceptors (Lipinski definition) is 3. The molecule has 1 aromatic rings. The Morgan fingerprint density at radius 1 is 1.39 bits per heavy atom. The maximum absolute atomic E-state index is 12.1. The Morgan fingerprint density at radius 2 is 2.17 bits per heavy atom. The second-order valence-corrected chi connectivity index (χ2v) is 4.89. The minimum absolute atomic E-state index is 0.00711. The van der Waals surface area contributed by atoms with E-state index in [-0.39, 0.29) is 5.91 Å². The SMILES string of the molecule is CNc1cnccc1C(=O)NCC1CCCCC1. The number of rotatable bonds is 4. The number of anilines is 1. The third-order valence-corrected chi connectivity index (χ3v) is 3.61. The van der Waals surface area contributed by atoms with Crippen molar-refractivity contribution in [3.8, 4) is 0 Å². The van der Waals surface area contributed by atoms with Crippen LogP contribution in [-0.2, 0) is 0 Å². The van der Waals surface area contributed by atoms with E-state index in [1.807, 2.05) is 0 Å². The van der Waals surface area contributed by atoms with Gasteiger partial charge in [-0.2, -0.15) is 0 Å². The molecule has 0 bridgehead atoms. The van der Waals surface area contributed by atoms with Crippen molar-refractivity contribution in [1.82, 2.24) is 10.3 Å². The molecule has 0 aliphatic heterocycles. The first-order valence-corrected chi connectivity index (χ1v) is 6.71. The minimum Gasteiger partial charge on any atom is -0.386 e. The van der Waals surface area contributed by atoms with Crippen molar-refractivity contribution in [2.45, 2.75) is 32.1 Å². The van der Waals surface area contributed by atoms with Crippen LogP contribution in [0, 0.1) is 5.92 Å². The van der Waals surface area contributed by atoms with E-state index in [9.17, 15) is 4.79 Å².